The van der Waals surface area contributed by atoms with Gasteiger partial charge in [-0.2, -0.15) is 4.99 Å². The number of epoxide rings is 1. The van der Waals surface area contributed by atoms with Gasteiger partial charge in [-0.25, -0.2) is 19.2 Å². The molecule has 1 N–H and O–H groups in total. The van der Waals surface area contributed by atoms with Crippen LogP contribution in [0.15, 0.2) is 47.6 Å². The maximum atomic E-state index is 13.8. The molecule has 1 aliphatic heterocycles. The smallest absolute Gasteiger partial charge is 0.347 e. The molecule has 178 valence electrons. The Hall–Kier alpha value is -3.47. The van der Waals surface area contributed by atoms with Crippen LogP contribution in [0.2, 0.25) is 0 Å². The molecular weight excluding hydrogens is 437 g/mol. The van der Waals surface area contributed by atoms with E-state index in [1.165, 1.54) is 18.5 Å². The summed E-state index contributed by atoms with van der Waals surface area (Å²) < 4.78 is 19.8. The molecule has 1 aliphatic rings. The van der Waals surface area contributed by atoms with Crippen molar-refractivity contribution in [1.29, 1.82) is 0 Å². The zero-order valence-corrected chi connectivity index (χ0v) is 19.9. The second kappa shape index (κ2) is 9.80. The number of aromatic nitrogens is 2. The fourth-order valence-electron chi connectivity index (χ4n) is 3.76. The molecule has 0 aliphatic carbocycles. The van der Waals surface area contributed by atoms with E-state index in [4.69, 9.17) is 9.72 Å². The van der Waals surface area contributed by atoms with E-state index in [0.29, 0.717) is 16.8 Å². The molecule has 2 unspecified atom stereocenters. The van der Waals surface area contributed by atoms with Crippen LogP contribution in [-0.2, 0) is 4.74 Å². The number of halogens is 1. The molecule has 34 heavy (non-hydrogen) atoms. The predicted molar refractivity (Wildman–Crippen MR) is 130 cm³/mol. The lowest BCUT2D eigenvalue weighted by atomic mass is 10.0. The number of nitrogens with one attached hydrogen (secondary N) is 1. The first-order valence-electron chi connectivity index (χ1n) is 10.8. The zero-order chi connectivity index (χ0) is 24.4. The van der Waals surface area contributed by atoms with Crippen LogP contribution in [0.4, 0.5) is 15.0 Å². The van der Waals surface area contributed by atoms with Crippen molar-refractivity contribution in [3.8, 4) is 11.3 Å². The third-order valence-corrected chi connectivity index (χ3v) is 5.23. The molecule has 0 spiro atoms. The molecule has 1 aromatic carbocycles. The summed E-state index contributed by atoms with van der Waals surface area (Å²) in [6, 6.07) is 9.38. The molecule has 9 nitrogen and oxygen atoms in total. The van der Waals surface area contributed by atoms with Crippen molar-refractivity contribution in [2.75, 3.05) is 47.2 Å². The summed E-state index contributed by atoms with van der Waals surface area (Å²) in [7, 11) is 9.53. The summed E-state index contributed by atoms with van der Waals surface area (Å²) in [5, 5.41) is 3.51. The first kappa shape index (κ1) is 23.7. The minimum atomic E-state index is -0.570. The Morgan fingerprint density at radius 2 is 2.00 bits per heavy atom. The number of ether oxygens (including phenoxy) is 1. The molecule has 1 fully saturated rings. The average molecular weight is 466 g/mol. The van der Waals surface area contributed by atoms with Crippen LogP contribution in [0.1, 0.15) is 11.7 Å². The summed E-state index contributed by atoms with van der Waals surface area (Å²) in [6.45, 7) is 0.743. The maximum Gasteiger partial charge on any atom is 0.347 e. The zero-order valence-electron chi connectivity index (χ0n) is 19.9. The third-order valence-electron chi connectivity index (χ3n) is 5.23. The number of anilines is 1. The Morgan fingerprint density at radius 1 is 1.21 bits per heavy atom. The number of aliphatic imine (C=N–C) groups is 1. The van der Waals surface area contributed by atoms with Crippen molar-refractivity contribution < 1.29 is 13.9 Å². The van der Waals surface area contributed by atoms with Gasteiger partial charge in [-0.15, -0.1) is 0 Å². The number of rotatable bonds is 7. The van der Waals surface area contributed by atoms with Crippen molar-refractivity contribution in [1.82, 2.24) is 24.7 Å². The first-order valence-corrected chi connectivity index (χ1v) is 10.8. The van der Waals surface area contributed by atoms with Crippen LogP contribution in [0.3, 0.4) is 0 Å². The first-order chi connectivity index (χ1) is 16.2. The predicted octanol–water partition coefficient (Wildman–Crippen LogP) is 3.41. The Morgan fingerprint density at radius 3 is 2.71 bits per heavy atom. The molecule has 0 saturated carbocycles. The molecule has 3 aromatic rings. The lowest BCUT2D eigenvalue weighted by Crippen LogP contribution is -2.32. The maximum absolute atomic E-state index is 13.8. The lowest BCUT2D eigenvalue weighted by molar-refractivity contribution is 0.145. The van der Waals surface area contributed by atoms with E-state index in [2.05, 4.69) is 25.1 Å². The number of fused-ring (bicyclic) bond motifs is 1. The van der Waals surface area contributed by atoms with Crippen molar-refractivity contribution in [2.45, 2.75) is 12.3 Å². The normalized spacial score (nSPS) is 17.6. The molecule has 0 radical (unpaired) electrons. The monoisotopic (exact) mass is 465 g/mol. The Kier molecular flexibility index (Phi) is 6.82. The molecule has 10 heteroatoms. The molecule has 3 heterocycles. The largest absolute Gasteiger partial charge is 0.369 e. The van der Waals surface area contributed by atoms with Crippen LogP contribution in [-0.4, -0.2) is 85.2 Å². The van der Waals surface area contributed by atoms with Crippen LogP contribution in [0, 0.1) is 5.82 Å². The number of urea groups is 1. The van der Waals surface area contributed by atoms with Crippen molar-refractivity contribution in [3.05, 3.63) is 54.0 Å². The molecule has 2 atom stereocenters. The summed E-state index contributed by atoms with van der Waals surface area (Å²) in [6.07, 6.45) is 2.85. The van der Waals surface area contributed by atoms with E-state index in [9.17, 15) is 9.18 Å². The summed E-state index contributed by atoms with van der Waals surface area (Å²) >= 11 is 0. The molecule has 2 amide bonds. The van der Waals surface area contributed by atoms with Crippen LogP contribution in [0.25, 0.3) is 22.2 Å². The molecular formula is C24H28FN7O2. The fraction of sp³-hybridized carbons (Fsp3) is 0.333. The second-order valence-corrected chi connectivity index (χ2v) is 8.73. The minimum absolute atomic E-state index is 0.0829. The Bertz CT molecular complexity index is 1230. The number of likely N-dealkylation sites (N-methyl/N-ethyl adjacent to an activating group) is 1. The Balaban J connectivity index is 1.73. The minimum Gasteiger partial charge on any atom is -0.369 e. The van der Waals surface area contributed by atoms with Gasteiger partial charge in [0.25, 0.3) is 0 Å². The summed E-state index contributed by atoms with van der Waals surface area (Å²) in [5.41, 5.74) is 2.55. The molecule has 4 rings (SSSR count). The third kappa shape index (κ3) is 5.36. The number of carbonyl (C=O) groups excluding carboxylic acids is 1. The summed E-state index contributed by atoms with van der Waals surface area (Å²) in [5.74, 6) is -0.0762. The highest BCUT2D eigenvalue weighted by Crippen LogP contribution is 2.43. The molecule has 1 saturated heterocycles. The Labute approximate surface area is 197 Å². The van der Waals surface area contributed by atoms with Gasteiger partial charge in [0.15, 0.2) is 5.82 Å². The van der Waals surface area contributed by atoms with E-state index in [1.807, 2.05) is 33.3 Å². The van der Waals surface area contributed by atoms with Gasteiger partial charge in [-0.1, -0.05) is 18.2 Å². The van der Waals surface area contributed by atoms with E-state index in [1.54, 1.807) is 37.3 Å². The SMILES string of the molecule is CN(C)C=NC(=O)Nc1ncc(C2OC2N(C)CN(C)C)c2ccc(-c3cccc(F)c3)nc12. The number of amides is 2. The number of benzene rings is 1. The van der Waals surface area contributed by atoms with Gasteiger partial charge in [-0.05, 0) is 39.3 Å². The number of carbonyl (C=O) groups is 1. The topological polar surface area (TPSA) is 89.5 Å². The lowest BCUT2D eigenvalue weighted by Gasteiger charge is -2.19. The van der Waals surface area contributed by atoms with Crippen molar-refractivity contribution in [2.24, 2.45) is 4.99 Å². The standard InChI is InChI=1S/C24H28FN7O2/c1-30(2)13-27-24(33)29-22-20-17(9-10-19(28-20)15-7-6-8-16(25)11-15)18(12-26-22)21-23(34-21)32(5)14-31(3)4/h6-13,21,23H,14H2,1-5H3,(H,26,29,33). The van der Waals surface area contributed by atoms with Crippen LogP contribution < -0.4 is 5.32 Å². The molecule has 2 aromatic heterocycles. The van der Waals surface area contributed by atoms with E-state index < -0.39 is 6.03 Å². The highest BCUT2D eigenvalue weighted by Gasteiger charge is 2.44. The van der Waals surface area contributed by atoms with Crippen molar-refractivity contribution >= 4 is 29.1 Å². The quantitative estimate of drug-likeness (QED) is 0.248. The average Bonchev–Trinajstić information content (AvgIpc) is 3.58. The van der Waals surface area contributed by atoms with E-state index >= 15 is 0 Å². The highest BCUT2D eigenvalue weighted by atomic mass is 19.1. The van der Waals surface area contributed by atoms with Gasteiger partial charge < -0.3 is 9.64 Å². The van der Waals surface area contributed by atoms with Crippen LogP contribution in [0.5, 0.6) is 0 Å². The second-order valence-electron chi connectivity index (χ2n) is 8.73. The van der Waals surface area contributed by atoms with Crippen molar-refractivity contribution in [3.63, 3.8) is 0 Å². The van der Waals surface area contributed by atoms with Gasteiger partial charge >= 0.3 is 6.03 Å². The van der Waals surface area contributed by atoms with Gasteiger partial charge in [0, 0.05) is 36.8 Å². The fourth-order valence-corrected chi connectivity index (χ4v) is 3.76. The number of hydrogen-bond acceptors (Lipinski definition) is 6. The van der Waals surface area contributed by atoms with Gasteiger partial charge in [0.05, 0.1) is 18.7 Å². The molecule has 0 bridgehead atoms. The number of nitrogens with zero attached hydrogens (tertiary/aromatic N) is 6. The van der Waals surface area contributed by atoms with Gasteiger partial charge in [0.2, 0.25) is 0 Å². The van der Waals surface area contributed by atoms with Gasteiger partial charge in [0.1, 0.15) is 23.7 Å². The number of pyridine rings is 2. The van der Waals surface area contributed by atoms with Gasteiger partial charge in [-0.3, -0.25) is 15.1 Å². The number of hydrogen-bond donors (Lipinski definition) is 1. The van der Waals surface area contributed by atoms with E-state index in [0.717, 1.165) is 17.6 Å². The van der Waals surface area contributed by atoms with Crippen LogP contribution >= 0.6 is 0 Å². The summed E-state index contributed by atoms with van der Waals surface area (Å²) in [4.78, 5) is 31.2. The van der Waals surface area contributed by atoms with E-state index in [-0.39, 0.29) is 24.0 Å². The highest BCUT2D eigenvalue weighted by molar-refractivity contribution is 6.01.